The number of halogens is 1. The van der Waals surface area contributed by atoms with Gasteiger partial charge in [0.25, 0.3) is 0 Å². The molecular formula is C29H27ClN2O4. The van der Waals surface area contributed by atoms with E-state index < -0.39 is 6.04 Å². The minimum atomic E-state index is -0.844. The second-order valence-electron chi connectivity index (χ2n) is 8.28. The molecule has 2 amide bonds. The normalized spacial score (nSPS) is 11.5. The van der Waals surface area contributed by atoms with Crippen molar-refractivity contribution in [3.63, 3.8) is 0 Å². The maximum atomic E-state index is 13.7. The third-order valence-electron chi connectivity index (χ3n) is 5.79. The predicted molar refractivity (Wildman–Crippen MR) is 138 cm³/mol. The van der Waals surface area contributed by atoms with Crippen LogP contribution in [0, 0.1) is 0 Å². The Morgan fingerprint density at radius 3 is 2.25 bits per heavy atom. The van der Waals surface area contributed by atoms with Crippen LogP contribution in [0.15, 0.2) is 102 Å². The van der Waals surface area contributed by atoms with Gasteiger partial charge >= 0.3 is 0 Å². The molecule has 0 saturated carbocycles. The Kier molecular flexibility index (Phi) is 8.42. The molecule has 0 bridgehead atoms. The molecule has 0 radical (unpaired) electrons. The van der Waals surface area contributed by atoms with E-state index in [1.807, 2.05) is 66.7 Å². The molecule has 184 valence electrons. The lowest BCUT2D eigenvalue weighted by Crippen LogP contribution is -2.43. The minimum absolute atomic E-state index is 0.127. The molecule has 4 rings (SSSR count). The Morgan fingerprint density at radius 1 is 0.917 bits per heavy atom. The first-order valence-electron chi connectivity index (χ1n) is 11.6. The number of carbonyl (C=O) groups is 2. The van der Waals surface area contributed by atoms with Crippen LogP contribution in [-0.4, -0.2) is 23.8 Å². The lowest BCUT2D eigenvalue weighted by molar-refractivity contribution is -0.141. The maximum Gasteiger partial charge on any atom is 0.247 e. The van der Waals surface area contributed by atoms with Gasteiger partial charge in [0.05, 0.1) is 26.3 Å². The van der Waals surface area contributed by atoms with Crippen LogP contribution in [0.5, 0.6) is 5.75 Å². The molecule has 4 aromatic rings. The van der Waals surface area contributed by atoms with E-state index in [2.05, 4.69) is 5.32 Å². The van der Waals surface area contributed by atoms with Gasteiger partial charge < -0.3 is 19.4 Å². The van der Waals surface area contributed by atoms with E-state index in [-0.39, 0.29) is 31.3 Å². The topological polar surface area (TPSA) is 71.8 Å². The Hall–Kier alpha value is -4.03. The molecule has 36 heavy (non-hydrogen) atoms. The number of benzene rings is 3. The summed E-state index contributed by atoms with van der Waals surface area (Å²) in [6, 6.07) is 26.6. The third kappa shape index (κ3) is 6.55. The van der Waals surface area contributed by atoms with Crippen molar-refractivity contribution in [2.45, 2.75) is 25.6 Å². The van der Waals surface area contributed by atoms with Gasteiger partial charge in [0.15, 0.2) is 0 Å². The van der Waals surface area contributed by atoms with Crippen molar-refractivity contribution in [1.82, 2.24) is 10.2 Å². The lowest BCUT2D eigenvalue weighted by atomic mass is 10.0. The van der Waals surface area contributed by atoms with Gasteiger partial charge in [0, 0.05) is 11.6 Å². The van der Waals surface area contributed by atoms with Crippen LogP contribution in [0.4, 0.5) is 0 Å². The van der Waals surface area contributed by atoms with Crippen LogP contribution in [0.3, 0.4) is 0 Å². The van der Waals surface area contributed by atoms with Crippen molar-refractivity contribution in [3.8, 4) is 5.75 Å². The quantitative estimate of drug-likeness (QED) is 0.308. The molecule has 0 saturated heterocycles. The molecule has 0 fully saturated rings. The van der Waals surface area contributed by atoms with Crippen LogP contribution in [0.25, 0.3) is 0 Å². The van der Waals surface area contributed by atoms with Gasteiger partial charge in [-0.25, -0.2) is 0 Å². The Labute approximate surface area is 215 Å². The summed E-state index contributed by atoms with van der Waals surface area (Å²) in [5.74, 6) is 0.864. The number of ether oxygens (including phenoxy) is 1. The van der Waals surface area contributed by atoms with Crippen LogP contribution in [-0.2, 0) is 29.1 Å². The predicted octanol–water partition coefficient (Wildman–Crippen LogP) is 5.57. The van der Waals surface area contributed by atoms with Crippen LogP contribution in [0.2, 0.25) is 5.02 Å². The first kappa shape index (κ1) is 25.1. The highest BCUT2D eigenvalue weighted by Crippen LogP contribution is 2.26. The van der Waals surface area contributed by atoms with Crippen LogP contribution < -0.4 is 10.1 Å². The van der Waals surface area contributed by atoms with E-state index >= 15 is 0 Å². The highest BCUT2D eigenvalue weighted by atomic mass is 35.5. The van der Waals surface area contributed by atoms with Gasteiger partial charge in [0.1, 0.15) is 17.6 Å². The molecule has 3 aromatic carbocycles. The fourth-order valence-electron chi connectivity index (χ4n) is 3.92. The first-order chi connectivity index (χ1) is 17.5. The Morgan fingerprint density at radius 2 is 1.61 bits per heavy atom. The molecule has 1 N–H and O–H groups in total. The maximum absolute atomic E-state index is 13.7. The standard InChI is InChI=1S/C29H27ClN2O4/c1-35-25-15-11-22(12-16-25)20-32(27(33)18-21-9-13-24(30)14-10-21)28(23-6-3-2-4-7-23)29(34)31-19-26-8-5-17-36-26/h2-17,28H,18-20H2,1H3,(H,31,34)/t28-/m1/s1. The van der Waals surface area contributed by atoms with Gasteiger partial charge in [-0.2, -0.15) is 0 Å². The second kappa shape index (κ2) is 12.1. The lowest BCUT2D eigenvalue weighted by Gasteiger charge is -2.32. The van der Waals surface area contributed by atoms with Crippen molar-refractivity contribution < 1.29 is 18.7 Å². The summed E-state index contributed by atoms with van der Waals surface area (Å²) in [6.45, 7) is 0.459. The number of nitrogens with zero attached hydrogens (tertiary/aromatic N) is 1. The van der Waals surface area contributed by atoms with Crippen LogP contribution in [0.1, 0.15) is 28.5 Å². The molecule has 1 aromatic heterocycles. The number of amides is 2. The first-order valence-corrected chi connectivity index (χ1v) is 11.9. The molecule has 0 unspecified atom stereocenters. The summed E-state index contributed by atoms with van der Waals surface area (Å²) in [4.78, 5) is 28.9. The molecular weight excluding hydrogens is 476 g/mol. The number of hydrogen-bond donors (Lipinski definition) is 1. The number of rotatable bonds is 10. The summed E-state index contributed by atoms with van der Waals surface area (Å²) >= 11 is 6.03. The number of carbonyl (C=O) groups excluding carboxylic acids is 2. The van der Waals surface area contributed by atoms with E-state index in [1.54, 1.807) is 42.5 Å². The van der Waals surface area contributed by atoms with Gasteiger partial charge in [0.2, 0.25) is 11.8 Å². The molecule has 1 heterocycles. The van der Waals surface area contributed by atoms with E-state index in [0.29, 0.717) is 22.1 Å². The summed E-state index contributed by atoms with van der Waals surface area (Å²) in [6.07, 6.45) is 1.68. The molecule has 0 aliphatic rings. The SMILES string of the molecule is COc1ccc(CN(C(=O)Cc2ccc(Cl)cc2)[C@@H](C(=O)NCc2ccco2)c2ccccc2)cc1. The molecule has 0 aliphatic heterocycles. The number of methoxy groups -OCH3 is 1. The van der Waals surface area contributed by atoms with Gasteiger partial charge in [-0.15, -0.1) is 0 Å². The van der Waals surface area contributed by atoms with Gasteiger partial charge in [-0.05, 0) is 53.1 Å². The van der Waals surface area contributed by atoms with E-state index in [1.165, 1.54) is 0 Å². The molecule has 1 atom stereocenters. The highest BCUT2D eigenvalue weighted by Gasteiger charge is 2.31. The number of hydrogen-bond acceptors (Lipinski definition) is 4. The van der Waals surface area contributed by atoms with Crippen LogP contribution >= 0.6 is 11.6 Å². The highest BCUT2D eigenvalue weighted by molar-refractivity contribution is 6.30. The zero-order chi connectivity index (χ0) is 25.3. The molecule has 0 spiro atoms. The number of furan rings is 1. The zero-order valence-electron chi connectivity index (χ0n) is 19.9. The fourth-order valence-corrected chi connectivity index (χ4v) is 4.05. The average molecular weight is 503 g/mol. The Bertz CT molecular complexity index is 1260. The zero-order valence-corrected chi connectivity index (χ0v) is 20.7. The van der Waals surface area contributed by atoms with E-state index in [9.17, 15) is 9.59 Å². The largest absolute Gasteiger partial charge is 0.497 e. The smallest absolute Gasteiger partial charge is 0.247 e. The number of nitrogens with one attached hydrogen (secondary N) is 1. The van der Waals surface area contributed by atoms with E-state index in [0.717, 1.165) is 11.1 Å². The van der Waals surface area contributed by atoms with Crippen molar-refractivity contribution in [2.75, 3.05) is 7.11 Å². The monoisotopic (exact) mass is 502 g/mol. The van der Waals surface area contributed by atoms with Crippen molar-refractivity contribution in [3.05, 3.63) is 125 Å². The average Bonchev–Trinajstić information content (AvgIpc) is 3.43. The third-order valence-corrected chi connectivity index (χ3v) is 6.05. The second-order valence-corrected chi connectivity index (χ2v) is 8.72. The summed E-state index contributed by atoms with van der Waals surface area (Å²) < 4.78 is 10.6. The van der Waals surface area contributed by atoms with Gasteiger partial charge in [-0.1, -0.05) is 66.2 Å². The Balaban J connectivity index is 1.67. The van der Waals surface area contributed by atoms with Crippen molar-refractivity contribution in [2.24, 2.45) is 0 Å². The van der Waals surface area contributed by atoms with Gasteiger partial charge in [-0.3, -0.25) is 9.59 Å². The molecule has 7 heteroatoms. The summed E-state index contributed by atoms with van der Waals surface area (Å²) in [5, 5.41) is 3.53. The minimum Gasteiger partial charge on any atom is -0.497 e. The fraction of sp³-hybridized carbons (Fsp3) is 0.172. The van der Waals surface area contributed by atoms with Crippen molar-refractivity contribution >= 4 is 23.4 Å². The summed E-state index contributed by atoms with van der Waals surface area (Å²) in [5.41, 5.74) is 2.40. The van der Waals surface area contributed by atoms with E-state index in [4.69, 9.17) is 20.8 Å². The molecule has 0 aliphatic carbocycles. The van der Waals surface area contributed by atoms with Crippen molar-refractivity contribution in [1.29, 1.82) is 0 Å². The summed E-state index contributed by atoms with van der Waals surface area (Å²) in [7, 11) is 1.60. The molecule has 6 nitrogen and oxygen atoms in total.